The Hall–Kier alpha value is -3.01. The smallest absolute Gasteiger partial charge is 0.384 e. The molecule has 206 valence electrons. The van der Waals surface area contributed by atoms with E-state index in [-0.39, 0.29) is 11.6 Å². The van der Waals surface area contributed by atoms with E-state index in [1.54, 1.807) is 0 Å². The highest BCUT2D eigenvalue weighted by Gasteiger charge is 2.37. The van der Waals surface area contributed by atoms with Crippen molar-refractivity contribution in [2.45, 2.75) is 63.2 Å². The third-order valence-corrected chi connectivity index (χ3v) is 8.15. The van der Waals surface area contributed by atoms with Crippen LogP contribution in [-0.2, 0) is 11.0 Å². The van der Waals surface area contributed by atoms with E-state index in [0.29, 0.717) is 43.8 Å². The van der Waals surface area contributed by atoms with E-state index in [0.717, 1.165) is 56.5 Å². The molecular formula is C28H37F3N6O. The summed E-state index contributed by atoms with van der Waals surface area (Å²) in [5.41, 5.74) is 1.12. The second-order valence-corrected chi connectivity index (χ2v) is 10.7. The van der Waals surface area contributed by atoms with Crippen LogP contribution in [0.3, 0.4) is 0 Å². The fraction of sp³-hybridized carbons (Fsp3) is 0.571. The van der Waals surface area contributed by atoms with Gasteiger partial charge < -0.3 is 20.4 Å². The van der Waals surface area contributed by atoms with Crippen molar-refractivity contribution < 1.29 is 18.0 Å². The van der Waals surface area contributed by atoms with E-state index in [2.05, 4.69) is 44.6 Å². The van der Waals surface area contributed by atoms with Gasteiger partial charge in [-0.3, -0.25) is 9.69 Å². The molecule has 0 radical (unpaired) electrons. The van der Waals surface area contributed by atoms with Gasteiger partial charge >= 0.3 is 6.18 Å². The number of aromatic nitrogens is 1. The van der Waals surface area contributed by atoms with Gasteiger partial charge in [-0.2, -0.15) is 13.2 Å². The standard InChI is InChI=1S/C28H37F3N6O/c1-35-22-11-12-23(35)19-37(18-22)21-9-7-20(8-10-21)34-26-16-25(24(17-33-26)28(29,30)31)32-13-5-15-36-14-4-2-3-6-27(36)38/h7-10,16-17,22-23H,2-6,11-15,18-19H2,1H3,(H2,32,33,34)/t22-,23+. The fourth-order valence-electron chi connectivity index (χ4n) is 5.89. The number of piperazine rings is 1. The number of fused-ring (bicyclic) bond motifs is 2. The van der Waals surface area contributed by atoms with E-state index in [1.807, 2.05) is 17.0 Å². The number of hydrogen-bond acceptors (Lipinski definition) is 6. The summed E-state index contributed by atoms with van der Waals surface area (Å²) in [6, 6.07) is 10.6. The Morgan fingerprint density at radius 3 is 2.50 bits per heavy atom. The highest BCUT2D eigenvalue weighted by molar-refractivity contribution is 5.76. The maximum Gasteiger partial charge on any atom is 0.419 e. The lowest BCUT2D eigenvalue weighted by Crippen LogP contribution is -2.51. The number of likely N-dealkylation sites (tertiary alicyclic amines) is 1. The summed E-state index contributed by atoms with van der Waals surface area (Å²) in [5, 5.41) is 6.08. The average molecular weight is 531 g/mol. The normalized spacial score (nSPS) is 22.5. The monoisotopic (exact) mass is 530 g/mol. The Labute approximate surface area is 222 Å². The third-order valence-electron chi connectivity index (χ3n) is 8.15. The van der Waals surface area contributed by atoms with Gasteiger partial charge in [0.2, 0.25) is 5.91 Å². The van der Waals surface area contributed by atoms with Crippen LogP contribution in [0.15, 0.2) is 36.5 Å². The second-order valence-electron chi connectivity index (χ2n) is 10.7. The van der Waals surface area contributed by atoms with Gasteiger partial charge in [-0.05, 0) is 63.4 Å². The number of nitrogens with one attached hydrogen (secondary N) is 2. The summed E-state index contributed by atoms with van der Waals surface area (Å²) in [6.45, 7) is 3.63. The summed E-state index contributed by atoms with van der Waals surface area (Å²) in [7, 11) is 2.21. The van der Waals surface area contributed by atoms with Crippen LogP contribution in [0.25, 0.3) is 0 Å². The molecule has 3 saturated heterocycles. The van der Waals surface area contributed by atoms with Crippen LogP contribution in [0, 0.1) is 0 Å². The molecule has 2 atom stereocenters. The SMILES string of the molecule is CN1[C@@H]2CC[C@H]1CN(c1ccc(Nc3cc(NCCCN4CCCCCC4=O)c(C(F)(F)F)cn3)cc1)C2. The molecule has 0 spiro atoms. The van der Waals surface area contributed by atoms with Crippen LogP contribution >= 0.6 is 0 Å². The molecule has 2 N–H and O–H groups in total. The molecule has 10 heteroatoms. The van der Waals surface area contributed by atoms with Crippen molar-refractivity contribution in [3.05, 3.63) is 42.1 Å². The molecule has 3 fully saturated rings. The van der Waals surface area contributed by atoms with Gasteiger partial charge in [0.15, 0.2) is 0 Å². The van der Waals surface area contributed by atoms with Crippen LogP contribution in [0.2, 0.25) is 0 Å². The zero-order chi connectivity index (χ0) is 26.7. The number of pyridine rings is 1. The number of rotatable bonds is 8. The molecule has 2 aromatic rings. The number of alkyl halides is 3. The van der Waals surface area contributed by atoms with Crippen LogP contribution in [0.4, 0.5) is 36.1 Å². The summed E-state index contributed by atoms with van der Waals surface area (Å²) in [6.07, 6.45) is 2.90. The number of benzene rings is 1. The number of likely N-dealkylation sites (N-methyl/N-ethyl adjacent to an activating group) is 1. The molecule has 5 rings (SSSR count). The molecule has 4 heterocycles. The van der Waals surface area contributed by atoms with Gasteiger partial charge in [-0.1, -0.05) is 6.42 Å². The Bertz CT molecular complexity index is 1090. The van der Waals surface area contributed by atoms with Crippen molar-refractivity contribution in [3.8, 4) is 0 Å². The number of halogens is 3. The van der Waals surface area contributed by atoms with Gasteiger partial charge in [0.25, 0.3) is 0 Å². The van der Waals surface area contributed by atoms with E-state index in [4.69, 9.17) is 0 Å². The molecule has 3 aliphatic rings. The first-order valence-corrected chi connectivity index (χ1v) is 13.7. The number of nitrogens with zero attached hydrogens (tertiary/aromatic N) is 4. The summed E-state index contributed by atoms with van der Waals surface area (Å²) in [5.74, 6) is 0.480. The highest BCUT2D eigenvalue weighted by Crippen LogP contribution is 2.36. The van der Waals surface area contributed by atoms with Crippen LogP contribution in [-0.4, -0.2) is 72.5 Å². The maximum atomic E-state index is 13.6. The predicted octanol–water partition coefficient (Wildman–Crippen LogP) is 5.33. The Morgan fingerprint density at radius 2 is 1.79 bits per heavy atom. The van der Waals surface area contributed by atoms with Crippen LogP contribution in [0.5, 0.6) is 0 Å². The van der Waals surface area contributed by atoms with Crippen molar-refractivity contribution in [1.82, 2.24) is 14.8 Å². The minimum absolute atomic E-state index is 0.0123. The van der Waals surface area contributed by atoms with Gasteiger partial charge in [-0.25, -0.2) is 4.98 Å². The number of hydrogen-bond donors (Lipinski definition) is 2. The van der Waals surface area contributed by atoms with Crippen molar-refractivity contribution in [3.63, 3.8) is 0 Å². The number of carbonyl (C=O) groups is 1. The van der Waals surface area contributed by atoms with E-state index in [1.165, 1.54) is 18.9 Å². The molecule has 2 bridgehead atoms. The van der Waals surface area contributed by atoms with Crippen molar-refractivity contribution in [2.75, 3.05) is 55.3 Å². The molecule has 0 aliphatic carbocycles. The quantitative estimate of drug-likeness (QED) is 0.450. The first-order chi connectivity index (χ1) is 18.3. The predicted molar refractivity (Wildman–Crippen MR) is 144 cm³/mol. The van der Waals surface area contributed by atoms with Gasteiger partial charge in [-0.15, -0.1) is 0 Å². The third kappa shape index (κ3) is 6.17. The zero-order valence-corrected chi connectivity index (χ0v) is 21.9. The minimum atomic E-state index is -4.52. The maximum absolute atomic E-state index is 13.6. The van der Waals surface area contributed by atoms with E-state index < -0.39 is 11.7 Å². The summed E-state index contributed by atoms with van der Waals surface area (Å²) in [4.78, 5) is 22.9. The number of carbonyl (C=O) groups excluding carboxylic acids is 1. The van der Waals surface area contributed by atoms with Crippen molar-refractivity contribution in [1.29, 1.82) is 0 Å². The molecule has 1 amide bonds. The summed E-state index contributed by atoms with van der Waals surface area (Å²) < 4.78 is 40.9. The van der Waals surface area contributed by atoms with Gasteiger partial charge in [0.1, 0.15) is 5.82 Å². The molecule has 0 unspecified atom stereocenters. The van der Waals surface area contributed by atoms with Crippen LogP contribution < -0.4 is 15.5 Å². The number of amides is 1. The lowest BCUT2D eigenvalue weighted by atomic mass is 10.1. The summed E-state index contributed by atoms with van der Waals surface area (Å²) >= 11 is 0. The lowest BCUT2D eigenvalue weighted by molar-refractivity contribution is -0.137. The first-order valence-electron chi connectivity index (χ1n) is 13.7. The van der Waals surface area contributed by atoms with Crippen molar-refractivity contribution in [2.24, 2.45) is 0 Å². The Morgan fingerprint density at radius 1 is 1.05 bits per heavy atom. The van der Waals surface area contributed by atoms with E-state index in [9.17, 15) is 18.0 Å². The highest BCUT2D eigenvalue weighted by atomic mass is 19.4. The second kappa shape index (κ2) is 11.4. The molecule has 7 nitrogen and oxygen atoms in total. The molecular weight excluding hydrogens is 493 g/mol. The number of anilines is 4. The Balaban J connectivity index is 1.21. The molecule has 3 aliphatic heterocycles. The molecule has 1 aromatic carbocycles. The van der Waals surface area contributed by atoms with Crippen LogP contribution in [0.1, 0.15) is 50.5 Å². The Kier molecular flexibility index (Phi) is 7.97. The molecule has 38 heavy (non-hydrogen) atoms. The topological polar surface area (TPSA) is 63.7 Å². The van der Waals surface area contributed by atoms with Crippen molar-refractivity contribution >= 4 is 28.8 Å². The molecule has 0 saturated carbocycles. The van der Waals surface area contributed by atoms with Gasteiger partial charge in [0, 0.05) is 74.9 Å². The van der Waals surface area contributed by atoms with Gasteiger partial charge in [0.05, 0.1) is 11.3 Å². The minimum Gasteiger partial charge on any atom is -0.384 e. The van der Waals surface area contributed by atoms with E-state index >= 15 is 0 Å². The lowest BCUT2D eigenvalue weighted by Gasteiger charge is -2.40. The average Bonchev–Trinajstić information content (AvgIpc) is 3.06. The zero-order valence-electron chi connectivity index (χ0n) is 21.9. The first kappa shape index (κ1) is 26.6. The largest absolute Gasteiger partial charge is 0.419 e. The fourth-order valence-corrected chi connectivity index (χ4v) is 5.89. The molecule has 1 aromatic heterocycles.